The zero-order valence-corrected chi connectivity index (χ0v) is 10.2. The zero-order chi connectivity index (χ0) is 12.3. The predicted molar refractivity (Wildman–Crippen MR) is 67.6 cm³/mol. The van der Waals surface area contributed by atoms with Crippen LogP contribution < -0.4 is 17.2 Å². The minimum absolute atomic E-state index is 0.000572. The Morgan fingerprint density at radius 1 is 1.31 bits per heavy atom. The summed E-state index contributed by atoms with van der Waals surface area (Å²) in [7, 11) is 0. The molecular weight excluding hydrogens is 274 g/mol. The molecule has 0 bridgehead atoms. The van der Waals surface area contributed by atoms with Crippen molar-refractivity contribution in [2.45, 2.75) is 6.92 Å². The van der Waals surface area contributed by atoms with Gasteiger partial charge in [-0.05, 0) is 24.6 Å². The molecule has 0 saturated carbocycles. The Morgan fingerprint density at radius 2 is 1.94 bits per heavy atom. The number of nitrogens with two attached hydrogens (primary N) is 3. The van der Waals surface area contributed by atoms with Gasteiger partial charge in [0.25, 0.3) is 0 Å². The van der Waals surface area contributed by atoms with Crippen LogP contribution in [-0.2, 0) is 0 Å². The Balaban J connectivity index is 3.20. The van der Waals surface area contributed by atoms with Gasteiger partial charge in [-0.25, -0.2) is 4.99 Å². The highest BCUT2D eigenvalue weighted by atomic mass is 79.9. The maximum absolute atomic E-state index is 9.65. The molecule has 16 heavy (non-hydrogen) atoms. The van der Waals surface area contributed by atoms with Crippen LogP contribution in [0.5, 0.6) is 5.75 Å². The summed E-state index contributed by atoms with van der Waals surface area (Å²) in [6, 6.07) is 3.30. The van der Waals surface area contributed by atoms with E-state index in [1.54, 1.807) is 13.0 Å². The molecule has 0 aliphatic rings. The maximum Gasteiger partial charge on any atom is 0.223 e. The van der Waals surface area contributed by atoms with Crippen LogP contribution in [0.4, 0.5) is 5.69 Å². The Hall–Kier alpha value is -1.76. The Labute approximate surface area is 101 Å². The fourth-order valence-electron chi connectivity index (χ4n) is 1.14. The summed E-state index contributed by atoms with van der Waals surface area (Å²) in [5.74, 6) is -0.295. The number of benzene rings is 1. The molecule has 1 aromatic carbocycles. The lowest BCUT2D eigenvalue weighted by Gasteiger charge is -2.04. The molecule has 1 rings (SSSR count). The molecule has 0 spiro atoms. The number of hydrogen-bond donors (Lipinski definition) is 4. The van der Waals surface area contributed by atoms with Gasteiger partial charge in [0.1, 0.15) is 11.4 Å². The van der Waals surface area contributed by atoms with Crippen molar-refractivity contribution in [1.29, 1.82) is 0 Å². The lowest BCUT2D eigenvalue weighted by Crippen LogP contribution is -2.26. The van der Waals surface area contributed by atoms with Crippen LogP contribution in [0.2, 0.25) is 0 Å². The smallest absolute Gasteiger partial charge is 0.223 e. The Bertz CT molecular complexity index is 442. The Kier molecular flexibility index (Phi) is 3.73. The van der Waals surface area contributed by atoms with Crippen molar-refractivity contribution in [3.63, 3.8) is 0 Å². The normalized spacial score (nSPS) is 11.2. The number of phenolic OH excluding ortho intramolecular Hbond substituents is 1. The molecule has 0 fully saturated rings. The lowest BCUT2D eigenvalue weighted by molar-refractivity contribution is 0.476. The number of halogens is 1. The molecule has 6 nitrogen and oxygen atoms in total. The van der Waals surface area contributed by atoms with Crippen molar-refractivity contribution in [3.05, 3.63) is 22.2 Å². The first-order valence-electron chi connectivity index (χ1n) is 4.33. The average Bonchev–Trinajstić information content (AvgIpc) is 2.09. The summed E-state index contributed by atoms with van der Waals surface area (Å²) in [4.78, 5) is 7.47. The summed E-state index contributed by atoms with van der Waals surface area (Å²) in [6.45, 7) is 1.78. The van der Waals surface area contributed by atoms with Crippen LogP contribution in [0.25, 0.3) is 0 Å². The van der Waals surface area contributed by atoms with Gasteiger partial charge in [-0.3, -0.25) is 0 Å². The monoisotopic (exact) mass is 285 g/mol. The van der Waals surface area contributed by atoms with Gasteiger partial charge in [-0.2, -0.15) is 4.99 Å². The minimum Gasteiger partial charge on any atom is -0.506 e. The summed E-state index contributed by atoms with van der Waals surface area (Å²) in [5.41, 5.74) is 16.8. The van der Waals surface area contributed by atoms with E-state index >= 15 is 0 Å². The third-order valence-corrected chi connectivity index (χ3v) is 2.17. The third kappa shape index (κ3) is 3.13. The summed E-state index contributed by atoms with van der Waals surface area (Å²) < 4.78 is 0.752. The van der Waals surface area contributed by atoms with Gasteiger partial charge in [0.05, 0.1) is 0 Å². The van der Waals surface area contributed by atoms with Crippen molar-refractivity contribution in [2.75, 3.05) is 0 Å². The first kappa shape index (κ1) is 12.3. The van der Waals surface area contributed by atoms with E-state index in [2.05, 4.69) is 25.9 Å². The molecule has 0 radical (unpaired) electrons. The van der Waals surface area contributed by atoms with Crippen molar-refractivity contribution >= 4 is 33.5 Å². The number of aromatic hydroxyl groups is 1. The first-order valence-corrected chi connectivity index (χ1v) is 5.12. The fourth-order valence-corrected chi connectivity index (χ4v) is 1.70. The van der Waals surface area contributed by atoms with Gasteiger partial charge < -0.3 is 22.3 Å². The van der Waals surface area contributed by atoms with E-state index in [4.69, 9.17) is 17.2 Å². The van der Waals surface area contributed by atoms with Crippen LogP contribution in [0.1, 0.15) is 5.56 Å². The number of rotatable bonds is 1. The van der Waals surface area contributed by atoms with E-state index in [1.807, 2.05) is 0 Å². The molecular formula is C9H12BrN5O. The topological polar surface area (TPSA) is 123 Å². The molecule has 1 aromatic rings. The second-order valence-electron chi connectivity index (χ2n) is 3.10. The van der Waals surface area contributed by atoms with Gasteiger partial charge in [0.2, 0.25) is 5.96 Å². The molecule has 0 unspecified atom stereocenters. The quantitative estimate of drug-likeness (QED) is 0.447. The van der Waals surface area contributed by atoms with Crippen LogP contribution in [0.3, 0.4) is 0 Å². The second-order valence-corrected chi connectivity index (χ2v) is 4.01. The molecule has 0 aliphatic carbocycles. The lowest BCUT2D eigenvalue weighted by atomic mass is 10.2. The minimum atomic E-state index is -0.185. The number of hydrogen-bond acceptors (Lipinski definition) is 2. The maximum atomic E-state index is 9.65. The number of phenols is 1. The molecule has 7 N–H and O–H groups in total. The van der Waals surface area contributed by atoms with Gasteiger partial charge in [0.15, 0.2) is 5.96 Å². The molecule has 0 heterocycles. The van der Waals surface area contributed by atoms with Crippen molar-refractivity contribution in [3.8, 4) is 5.75 Å². The van der Waals surface area contributed by atoms with Crippen molar-refractivity contribution in [2.24, 2.45) is 27.2 Å². The van der Waals surface area contributed by atoms with Crippen LogP contribution in [-0.4, -0.2) is 17.0 Å². The summed E-state index contributed by atoms with van der Waals surface area (Å²) in [6.07, 6.45) is 0. The highest BCUT2D eigenvalue weighted by Crippen LogP contribution is 2.33. The Morgan fingerprint density at radius 3 is 2.44 bits per heavy atom. The number of aryl methyl sites for hydroxylation is 1. The summed E-state index contributed by atoms with van der Waals surface area (Å²) in [5, 5.41) is 9.65. The highest BCUT2D eigenvalue weighted by molar-refractivity contribution is 9.10. The van der Waals surface area contributed by atoms with Gasteiger partial charge in [-0.1, -0.05) is 15.9 Å². The van der Waals surface area contributed by atoms with E-state index in [1.165, 1.54) is 6.07 Å². The van der Waals surface area contributed by atoms with Crippen LogP contribution >= 0.6 is 15.9 Å². The van der Waals surface area contributed by atoms with Crippen molar-refractivity contribution < 1.29 is 5.11 Å². The zero-order valence-electron chi connectivity index (χ0n) is 8.61. The van der Waals surface area contributed by atoms with Crippen LogP contribution in [0.15, 0.2) is 26.6 Å². The van der Waals surface area contributed by atoms with E-state index in [-0.39, 0.29) is 17.7 Å². The predicted octanol–water partition coefficient (Wildman–Crippen LogP) is 0.683. The number of nitrogens with zero attached hydrogens (tertiary/aromatic N) is 2. The van der Waals surface area contributed by atoms with Gasteiger partial charge >= 0.3 is 0 Å². The van der Waals surface area contributed by atoms with Crippen LogP contribution in [0, 0.1) is 6.92 Å². The second kappa shape index (κ2) is 4.84. The molecule has 7 heteroatoms. The molecule has 0 amide bonds. The van der Waals surface area contributed by atoms with E-state index in [9.17, 15) is 5.11 Å². The molecule has 86 valence electrons. The van der Waals surface area contributed by atoms with Gasteiger partial charge in [-0.15, -0.1) is 0 Å². The SMILES string of the molecule is Cc1cc(Br)cc(O)c1N=C(N)N=C(N)N. The van der Waals surface area contributed by atoms with Gasteiger partial charge in [0, 0.05) is 4.47 Å². The largest absolute Gasteiger partial charge is 0.506 e. The highest BCUT2D eigenvalue weighted by Gasteiger charge is 2.06. The van der Waals surface area contributed by atoms with Crippen molar-refractivity contribution in [1.82, 2.24) is 0 Å². The standard InChI is InChI=1S/C9H12BrN5O/c1-4-2-5(10)3-6(16)7(4)14-9(13)15-8(11)12/h2-3,16H,1H3,(H6,11,12,13,14,15). The van der Waals surface area contributed by atoms with E-state index < -0.39 is 0 Å². The molecule has 0 aromatic heterocycles. The molecule has 0 saturated heterocycles. The molecule has 0 aliphatic heterocycles. The average molecular weight is 286 g/mol. The number of aliphatic imine (C=N–C) groups is 2. The fraction of sp³-hybridized carbons (Fsp3) is 0.111. The van der Waals surface area contributed by atoms with E-state index in [0.717, 1.165) is 10.0 Å². The summed E-state index contributed by atoms with van der Waals surface area (Å²) >= 11 is 3.25. The molecule has 0 atom stereocenters. The van der Waals surface area contributed by atoms with E-state index in [0.29, 0.717) is 5.69 Å². The third-order valence-electron chi connectivity index (χ3n) is 1.72. The number of guanidine groups is 2. The first-order chi connectivity index (χ1) is 7.40.